The van der Waals surface area contributed by atoms with Crippen molar-refractivity contribution in [1.29, 1.82) is 0 Å². The minimum Gasteiger partial charge on any atom is -0.344 e. The molecule has 0 fully saturated rings. The average Bonchev–Trinajstić information content (AvgIpc) is 1.88. The van der Waals surface area contributed by atoms with Gasteiger partial charge in [0.15, 0.2) is 0 Å². The highest BCUT2D eigenvalue weighted by molar-refractivity contribution is 8.93. The fourth-order valence-corrected chi connectivity index (χ4v) is 1.89. The van der Waals surface area contributed by atoms with Crippen molar-refractivity contribution in [2.45, 2.75) is 6.16 Å². The number of hydrogen-bond acceptors (Lipinski definition) is 1. The second kappa shape index (κ2) is 10.6. The first kappa shape index (κ1) is 19.2. The molecular formula is C9H18Br2NP. The van der Waals surface area contributed by atoms with Crippen LogP contribution in [0.1, 0.15) is 5.56 Å². The van der Waals surface area contributed by atoms with Crippen LogP contribution in [0.3, 0.4) is 0 Å². The Balaban J connectivity index is -0.000000333. The van der Waals surface area contributed by atoms with Gasteiger partial charge in [-0.15, -0.1) is 41.9 Å². The quantitative estimate of drug-likeness (QED) is 0.808. The lowest BCUT2D eigenvalue weighted by molar-refractivity contribution is 1.40. The van der Waals surface area contributed by atoms with Crippen molar-refractivity contribution < 1.29 is 0 Å². The summed E-state index contributed by atoms with van der Waals surface area (Å²) in [5.41, 5.74) is 1.47. The summed E-state index contributed by atoms with van der Waals surface area (Å²) in [4.78, 5) is 0. The maximum absolute atomic E-state index is 2.31. The van der Waals surface area contributed by atoms with Crippen molar-refractivity contribution in [3.05, 3.63) is 35.9 Å². The molecule has 0 saturated heterocycles. The number of benzene rings is 1. The van der Waals surface area contributed by atoms with Crippen LogP contribution in [-0.4, -0.2) is 13.3 Å². The van der Waals surface area contributed by atoms with Gasteiger partial charge in [0.05, 0.1) is 0 Å². The molecule has 0 aliphatic rings. The third-order valence-electron chi connectivity index (χ3n) is 1.34. The summed E-state index contributed by atoms with van der Waals surface area (Å²) in [5.74, 6) is 0. The maximum Gasteiger partial charge on any atom is -0.00780 e. The van der Waals surface area contributed by atoms with E-state index in [2.05, 4.69) is 43.7 Å². The minimum atomic E-state index is 0. The van der Waals surface area contributed by atoms with Crippen molar-refractivity contribution in [2.75, 3.05) is 13.3 Å². The van der Waals surface area contributed by atoms with Crippen LogP contribution in [0.2, 0.25) is 0 Å². The van der Waals surface area contributed by atoms with E-state index in [1.54, 1.807) is 0 Å². The van der Waals surface area contributed by atoms with Crippen LogP contribution in [-0.2, 0) is 6.16 Å². The van der Waals surface area contributed by atoms with E-state index in [4.69, 9.17) is 0 Å². The van der Waals surface area contributed by atoms with Crippen LogP contribution < -0.4 is 6.15 Å². The molecule has 0 unspecified atom stereocenters. The first-order valence-electron chi connectivity index (χ1n) is 3.47. The molecule has 0 radical (unpaired) electrons. The Bertz CT molecular complexity index is 192. The van der Waals surface area contributed by atoms with Gasteiger partial charge in [-0.2, -0.15) is 0 Å². The highest BCUT2D eigenvalue weighted by Crippen LogP contribution is 2.29. The SMILES string of the molecule is Br.Br.CP(C)Cc1ccccc1.N. The number of rotatable bonds is 2. The smallest absolute Gasteiger partial charge is 0.00780 e. The Morgan fingerprint density at radius 2 is 1.46 bits per heavy atom. The van der Waals surface area contributed by atoms with Crippen LogP contribution in [0.4, 0.5) is 0 Å². The molecule has 0 saturated carbocycles. The van der Waals surface area contributed by atoms with Gasteiger partial charge in [0, 0.05) is 0 Å². The van der Waals surface area contributed by atoms with Crippen molar-refractivity contribution in [3.8, 4) is 0 Å². The van der Waals surface area contributed by atoms with Crippen molar-refractivity contribution in [2.24, 2.45) is 0 Å². The van der Waals surface area contributed by atoms with Crippen LogP contribution in [0.5, 0.6) is 0 Å². The lowest BCUT2D eigenvalue weighted by Gasteiger charge is -2.03. The van der Waals surface area contributed by atoms with E-state index in [1.807, 2.05) is 0 Å². The highest BCUT2D eigenvalue weighted by Gasteiger charge is 1.93. The van der Waals surface area contributed by atoms with Gasteiger partial charge in [-0.3, -0.25) is 0 Å². The van der Waals surface area contributed by atoms with Gasteiger partial charge in [-0.05, 0) is 25.1 Å². The van der Waals surface area contributed by atoms with E-state index in [-0.39, 0.29) is 48.0 Å². The van der Waals surface area contributed by atoms with E-state index in [9.17, 15) is 0 Å². The van der Waals surface area contributed by atoms with Crippen LogP contribution in [0, 0.1) is 0 Å². The van der Waals surface area contributed by atoms with E-state index < -0.39 is 0 Å². The molecule has 0 heterocycles. The molecule has 3 N–H and O–H groups in total. The topological polar surface area (TPSA) is 35.0 Å². The molecule has 0 atom stereocenters. The fourth-order valence-electron chi connectivity index (χ4n) is 0.949. The summed E-state index contributed by atoms with van der Waals surface area (Å²) in [6.45, 7) is 4.62. The first-order chi connectivity index (χ1) is 4.79. The summed E-state index contributed by atoms with van der Waals surface area (Å²) in [6.07, 6.45) is 1.26. The summed E-state index contributed by atoms with van der Waals surface area (Å²) < 4.78 is 0. The van der Waals surface area contributed by atoms with Gasteiger partial charge < -0.3 is 6.15 Å². The lowest BCUT2D eigenvalue weighted by Crippen LogP contribution is -1.79. The molecule has 13 heavy (non-hydrogen) atoms. The van der Waals surface area contributed by atoms with E-state index in [0.717, 1.165) is 0 Å². The maximum atomic E-state index is 2.31. The predicted molar refractivity (Wildman–Crippen MR) is 74.6 cm³/mol. The second-order valence-electron chi connectivity index (χ2n) is 2.72. The number of hydrogen-bond donors (Lipinski definition) is 1. The molecule has 1 nitrogen and oxygen atoms in total. The molecule has 0 spiro atoms. The summed E-state index contributed by atoms with van der Waals surface area (Å²) in [7, 11) is 0.223. The molecule has 0 bridgehead atoms. The Labute approximate surface area is 103 Å². The Hall–Kier alpha value is 0.570. The van der Waals surface area contributed by atoms with Crippen LogP contribution in [0.15, 0.2) is 30.3 Å². The zero-order valence-electron chi connectivity index (χ0n) is 8.06. The third-order valence-corrected chi connectivity index (χ3v) is 2.34. The summed E-state index contributed by atoms with van der Waals surface area (Å²) in [5, 5.41) is 0. The molecule has 1 aromatic carbocycles. The highest BCUT2D eigenvalue weighted by atomic mass is 79.9. The van der Waals surface area contributed by atoms with E-state index in [1.165, 1.54) is 11.7 Å². The van der Waals surface area contributed by atoms with Crippen molar-refractivity contribution >= 4 is 41.9 Å². The van der Waals surface area contributed by atoms with E-state index in [0.29, 0.717) is 0 Å². The van der Waals surface area contributed by atoms with Gasteiger partial charge in [0.1, 0.15) is 0 Å². The van der Waals surface area contributed by atoms with Crippen LogP contribution >= 0.6 is 41.9 Å². The normalized spacial score (nSPS) is 7.92. The van der Waals surface area contributed by atoms with Gasteiger partial charge in [0.2, 0.25) is 0 Å². The Morgan fingerprint density at radius 1 is 1.00 bits per heavy atom. The van der Waals surface area contributed by atoms with Gasteiger partial charge in [-0.1, -0.05) is 30.3 Å². The molecule has 0 aliphatic carbocycles. The monoisotopic (exact) mass is 329 g/mol. The van der Waals surface area contributed by atoms with Crippen LogP contribution in [0.25, 0.3) is 0 Å². The predicted octanol–water partition coefficient (Wildman–Crippen LogP) is 4.25. The first-order valence-corrected chi connectivity index (χ1v) is 5.90. The van der Waals surface area contributed by atoms with Crippen molar-refractivity contribution in [1.82, 2.24) is 6.15 Å². The fraction of sp³-hybridized carbons (Fsp3) is 0.333. The summed E-state index contributed by atoms with van der Waals surface area (Å²) >= 11 is 0. The average molecular weight is 331 g/mol. The molecule has 1 rings (SSSR count). The van der Waals surface area contributed by atoms with Gasteiger partial charge in [-0.25, -0.2) is 0 Å². The molecular weight excluding hydrogens is 313 g/mol. The standard InChI is InChI=1S/C9H13P.2BrH.H3N/c1-10(2)8-9-6-4-3-5-7-9;;;/h3-7H,8H2,1-2H3;2*1H;1H3. The minimum absolute atomic E-state index is 0. The zero-order valence-corrected chi connectivity index (χ0v) is 12.4. The summed E-state index contributed by atoms with van der Waals surface area (Å²) in [6, 6.07) is 10.7. The molecule has 78 valence electrons. The Kier molecular flexibility index (Phi) is 15.7. The largest absolute Gasteiger partial charge is 0.344 e. The zero-order chi connectivity index (χ0) is 7.40. The molecule has 0 aromatic heterocycles. The molecule has 0 aliphatic heterocycles. The Morgan fingerprint density at radius 3 is 1.85 bits per heavy atom. The molecule has 4 heteroatoms. The lowest BCUT2D eigenvalue weighted by atomic mass is 10.2. The third kappa shape index (κ3) is 8.89. The van der Waals surface area contributed by atoms with E-state index >= 15 is 0 Å². The van der Waals surface area contributed by atoms with Gasteiger partial charge in [0.25, 0.3) is 0 Å². The number of halogens is 2. The molecule has 0 amide bonds. The van der Waals surface area contributed by atoms with Gasteiger partial charge >= 0.3 is 0 Å². The second-order valence-corrected chi connectivity index (χ2v) is 5.20. The van der Waals surface area contributed by atoms with Crippen molar-refractivity contribution in [3.63, 3.8) is 0 Å². The molecule has 1 aromatic rings.